The molecule has 2 atom stereocenters. The molecule has 1 saturated carbocycles. The molecule has 0 spiro atoms. The average molecular weight is 273 g/mol. The molecule has 0 bridgehead atoms. The van der Waals surface area contributed by atoms with E-state index in [1.807, 2.05) is 0 Å². The van der Waals surface area contributed by atoms with Crippen molar-refractivity contribution in [1.29, 1.82) is 0 Å². The molecule has 0 saturated heterocycles. The fourth-order valence-electron chi connectivity index (χ4n) is 3.97. The Morgan fingerprint density at radius 2 is 1.80 bits per heavy atom. The van der Waals surface area contributed by atoms with E-state index in [2.05, 4.69) is 55.2 Å². The Balaban J connectivity index is 1.77. The van der Waals surface area contributed by atoms with Gasteiger partial charge in [0.25, 0.3) is 0 Å². The largest absolute Gasteiger partial charge is 0.324 e. The number of hydrogen-bond acceptors (Lipinski definition) is 3. The summed E-state index contributed by atoms with van der Waals surface area (Å²) in [5.74, 6) is 0. The Bertz CT molecular complexity index is 479. The van der Waals surface area contributed by atoms with Crippen LogP contribution in [-0.2, 0) is 0 Å². The summed E-state index contributed by atoms with van der Waals surface area (Å²) in [5.41, 5.74) is 9.48. The lowest BCUT2D eigenvalue weighted by atomic mass is 9.75. The third-order valence-electron chi connectivity index (χ3n) is 5.54. The van der Waals surface area contributed by atoms with E-state index >= 15 is 0 Å². The molecule has 1 fully saturated rings. The minimum absolute atomic E-state index is 0.204. The third kappa shape index (κ3) is 2.18. The molecule has 2 unspecified atom stereocenters. The number of nitrogens with zero attached hydrogens (tertiary/aromatic N) is 2. The highest BCUT2D eigenvalue weighted by atomic mass is 15.2. The van der Waals surface area contributed by atoms with Crippen molar-refractivity contribution in [2.24, 2.45) is 5.73 Å². The second-order valence-corrected chi connectivity index (χ2v) is 6.87. The van der Waals surface area contributed by atoms with Gasteiger partial charge in [-0.15, -0.1) is 0 Å². The highest BCUT2D eigenvalue weighted by molar-refractivity contribution is 5.37. The van der Waals surface area contributed by atoms with E-state index in [1.54, 1.807) is 0 Å². The SMILES string of the molecule is CN(CC1(N(C)C)CCC1)C1CC(N)c2ccccc21. The van der Waals surface area contributed by atoms with Crippen molar-refractivity contribution >= 4 is 0 Å². The molecule has 20 heavy (non-hydrogen) atoms. The van der Waals surface area contributed by atoms with Crippen LogP contribution in [0.15, 0.2) is 24.3 Å². The summed E-state index contributed by atoms with van der Waals surface area (Å²) in [4.78, 5) is 4.96. The summed E-state index contributed by atoms with van der Waals surface area (Å²) in [7, 11) is 6.71. The lowest BCUT2D eigenvalue weighted by molar-refractivity contribution is 0.0154. The molecule has 2 aliphatic rings. The Kier molecular flexibility index (Phi) is 3.61. The predicted molar refractivity (Wildman–Crippen MR) is 83.6 cm³/mol. The van der Waals surface area contributed by atoms with Crippen LogP contribution >= 0.6 is 0 Å². The molecule has 0 radical (unpaired) electrons. The summed E-state index contributed by atoms with van der Waals surface area (Å²) < 4.78 is 0. The zero-order valence-electron chi connectivity index (χ0n) is 13.0. The second-order valence-electron chi connectivity index (χ2n) is 6.87. The van der Waals surface area contributed by atoms with Crippen LogP contribution in [0.3, 0.4) is 0 Å². The van der Waals surface area contributed by atoms with Crippen LogP contribution in [0.2, 0.25) is 0 Å². The molecule has 0 aliphatic heterocycles. The van der Waals surface area contributed by atoms with Gasteiger partial charge in [0.15, 0.2) is 0 Å². The molecular weight excluding hydrogens is 246 g/mol. The smallest absolute Gasteiger partial charge is 0.0367 e. The molecule has 1 aromatic carbocycles. The zero-order valence-corrected chi connectivity index (χ0v) is 13.0. The average Bonchev–Trinajstić information content (AvgIpc) is 2.71. The van der Waals surface area contributed by atoms with Crippen molar-refractivity contribution in [3.05, 3.63) is 35.4 Å². The standard InChI is InChI=1S/C17H27N3/c1-19(2)17(9-6-10-17)12-20(3)16-11-15(18)13-7-4-5-8-14(13)16/h4-5,7-8,15-16H,6,9-12,18H2,1-3H3. The summed E-state index contributed by atoms with van der Waals surface area (Å²) >= 11 is 0. The van der Waals surface area contributed by atoms with Gasteiger partial charge in [-0.3, -0.25) is 4.90 Å². The highest BCUT2D eigenvalue weighted by Crippen LogP contribution is 2.43. The molecule has 110 valence electrons. The van der Waals surface area contributed by atoms with Crippen LogP contribution in [-0.4, -0.2) is 43.0 Å². The molecule has 3 heteroatoms. The van der Waals surface area contributed by atoms with Gasteiger partial charge in [-0.25, -0.2) is 0 Å². The Morgan fingerprint density at radius 1 is 1.15 bits per heavy atom. The molecule has 3 nitrogen and oxygen atoms in total. The minimum atomic E-state index is 0.204. The summed E-state index contributed by atoms with van der Waals surface area (Å²) in [6, 6.07) is 9.39. The van der Waals surface area contributed by atoms with E-state index in [4.69, 9.17) is 5.73 Å². The van der Waals surface area contributed by atoms with Gasteiger partial charge in [-0.1, -0.05) is 24.3 Å². The highest BCUT2D eigenvalue weighted by Gasteiger charge is 2.42. The molecule has 0 aromatic heterocycles. The molecule has 2 N–H and O–H groups in total. The maximum atomic E-state index is 6.31. The second kappa shape index (κ2) is 5.14. The zero-order chi connectivity index (χ0) is 14.3. The predicted octanol–water partition coefficient (Wildman–Crippen LogP) is 2.55. The van der Waals surface area contributed by atoms with Gasteiger partial charge in [-0.05, 0) is 58.0 Å². The van der Waals surface area contributed by atoms with Gasteiger partial charge in [-0.2, -0.15) is 0 Å². The van der Waals surface area contributed by atoms with E-state index < -0.39 is 0 Å². The van der Waals surface area contributed by atoms with Crippen LogP contribution in [0.4, 0.5) is 0 Å². The van der Waals surface area contributed by atoms with Crippen LogP contribution < -0.4 is 5.73 Å². The van der Waals surface area contributed by atoms with Crippen molar-refractivity contribution < 1.29 is 0 Å². The first kappa shape index (κ1) is 14.1. The van der Waals surface area contributed by atoms with Crippen LogP contribution in [0.25, 0.3) is 0 Å². The maximum Gasteiger partial charge on any atom is 0.0367 e. The van der Waals surface area contributed by atoms with E-state index in [0.717, 1.165) is 13.0 Å². The van der Waals surface area contributed by atoms with Crippen LogP contribution in [0.5, 0.6) is 0 Å². The van der Waals surface area contributed by atoms with Gasteiger partial charge in [0.2, 0.25) is 0 Å². The monoisotopic (exact) mass is 273 g/mol. The quantitative estimate of drug-likeness (QED) is 0.915. The first-order valence-electron chi connectivity index (χ1n) is 7.75. The summed E-state index contributed by atoms with van der Waals surface area (Å²) in [5, 5.41) is 0. The Morgan fingerprint density at radius 3 is 2.35 bits per heavy atom. The van der Waals surface area contributed by atoms with Crippen molar-refractivity contribution in [3.8, 4) is 0 Å². The lowest BCUT2D eigenvalue weighted by Crippen LogP contribution is -2.56. The maximum absolute atomic E-state index is 6.31. The Hall–Kier alpha value is -0.900. The van der Waals surface area contributed by atoms with E-state index in [-0.39, 0.29) is 6.04 Å². The number of rotatable bonds is 4. The lowest BCUT2D eigenvalue weighted by Gasteiger charge is -2.50. The molecule has 0 amide bonds. The molecule has 3 rings (SSSR count). The topological polar surface area (TPSA) is 32.5 Å². The Labute approximate surface area is 122 Å². The van der Waals surface area contributed by atoms with Gasteiger partial charge in [0.05, 0.1) is 0 Å². The van der Waals surface area contributed by atoms with Crippen molar-refractivity contribution in [2.75, 3.05) is 27.7 Å². The fourth-order valence-corrected chi connectivity index (χ4v) is 3.97. The van der Waals surface area contributed by atoms with E-state index in [0.29, 0.717) is 11.6 Å². The van der Waals surface area contributed by atoms with Crippen LogP contribution in [0.1, 0.15) is 48.9 Å². The van der Waals surface area contributed by atoms with E-state index in [9.17, 15) is 0 Å². The first-order valence-corrected chi connectivity index (χ1v) is 7.75. The van der Waals surface area contributed by atoms with Crippen molar-refractivity contribution in [3.63, 3.8) is 0 Å². The number of benzene rings is 1. The van der Waals surface area contributed by atoms with Crippen molar-refractivity contribution in [2.45, 2.75) is 43.3 Å². The number of hydrogen-bond donors (Lipinski definition) is 1. The number of fused-ring (bicyclic) bond motifs is 1. The summed E-state index contributed by atoms with van der Waals surface area (Å²) in [6.07, 6.45) is 5.07. The minimum Gasteiger partial charge on any atom is -0.324 e. The number of nitrogens with two attached hydrogens (primary N) is 1. The third-order valence-corrected chi connectivity index (χ3v) is 5.54. The molecular formula is C17H27N3. The van der Waals surface area contributed by atoms with Gasteiger partial charge < -0.3 is 10.6 Å². The normalized spacial score (nSPS) is 27.7. The van der Waals surface area contributed by atoms with Gasteiger partial charge in [0, 0.05) is 24.2 Å². The molecule has 0 heterocycles. The number of likely N-dealkylation sites (N-methyl/N-ethyl adjacent to an activating group) is 2. The van der Waals surface area contributed by atoms with Gasteiger partial charge in [0.1, 0.15) is 0 Å². The van der Waals surface area contributed by atoms with E-state index in [1.165, 1.54) is 30.4 Å². The molecule has 1 aromatic rings. The van der Waals surface area contributed by atoms with Crippen molar-refractivity contribution in [1.82, 2.24) is 9.80 Å². The van der Waals surface area contributed by atoms with Gasteiger partial charge >= 0.3 is 0 Å². The summed E-state index contributed by atoms with van der Waals surface area (Å²) in [6.45, 7) is 1.14. The first-order chi connectivity index (χ1) is 9.53. The fraction of sp³-hybridized carbons (Fsp3) is 0.647. The molecule has 2 aliphatic carbocycles. The van der Waals surface area contributed by atoms with Crippen LogP contribution in [0, 0.1) is 0 Å².